The molecule has 0 bridgehead atoms. The molecular formula is C17H23N7. The Morgan fingerprint density at radius 2 is 2.29 bits per heavy atom. The van der Waals surface area contributed by atoms with E-state index in [0.29, 0.717) is 29.2 Å². The zero-order valence-electron chi connectivity index (χ0n) is 17.7. The minimum atomic E-state index is -2.51. The number of aromatic amines is 1. The average Bonchev–Trinajstić information content (AvgIpc) is 3.16. The van der Waals surface area contributed by atoms with Crippen LogP contribution >= 0.6 is 0 Å². The summed E-state index contributed by atoms with van der Waals surface area (Å²) in [5, 5.41) is 11.5. The van der Waals surface area contributed by atoms with Gasteiger partial charge < -0.3 is 15.6 Å². The van der Waals surface area contributed by atoms with Crippen LogP contribution in [0.2, 0.25) is 0 Å². The van der Waals surface area contributed by atoms with Crippen LogP contribution in [-0.4, -0.2) is 30.8 Å². The van der Waals surface area contributed by atoms with Crippen molar-refractivity contribution in [2.75, 3.05) is 10.6 Å². The van der Waals surface area contributed by atoms with Crippen molar-refractivity contribution in [2.45, 2.75) is 45.6 Å². The van der Waals surface area contributed by atoms with Crippen molar-refractivity contribution >= 4 is 28.5 Å². The molecule has 0 spiro atoms. The Morgan fingerprint density at radius 3 is 3.08 bits per heavy atom. The van der Waals surface area contributed by atoms with Crippen LogP contribution in [0.15, 0.2) is 24.7 Å². The number of fused-ring (bicyclic) bond motifs is 1. The highest BCUT2D eigenvalue weighted by Crippen LogP contribution is 2.34. The van der Waals surface area contributed by atoms with E-state index in [1.807, 2.05) is 12.3 Å². The molecule has 0 aliphatic heterocycles. The molecule has 4 rings (SSSR count). The number of aromatic nitrogens is 5. The van der Waals surface area contributed by atoms with Gasteiger partial charge >= 0.3 is 0 Å². The van der Waals surface area contributed by atoms with Crippen LogP contribution in [0.3, 0.4) is 0 Å². The maximum absolute atomic E-state index is 8.12. The third-order valence-corrected chi connectivity index (χ3v) is 4.29. The summed E-state index contributed by atoms with van der Waals surface area (Å²) in [5.41, 5.74) is 1.21. The number of nitrogens with one attached hydrogen (secondary N) is 3. The summed E-state index contributed by atoms with van der Waals surface area (Å²) in [7, 11) is 0. The second-order valence-corrected chi connectivity index (χ2v) is 6.29. The molecule has 1 unspecified atom stereocenters. The van der Waals surface area contributed by atoms with E-state index in [-0.39, 0.29) is 0 Å². The average molecular weight is 329 g/mol. The zero-order valence-corrected chi connectivity index (χ0v) is 13.7. The minimum absolute atomic E-state index is 0.326. The Labute approximate surface area is 146 Å². The molecule has 1 fully saturated rings. The van der Waals surface area contributed by atoms with Crippen molar-refractivity contribution in [2.24, 2.45) is 5.92 Å². The highest BCUT2D eigenvalue weighted by atomic mass is 15.3. The van der Waals surface area contributed by atoms with Gasteiger partial charge in [-0.25, -0.2) is 0 Å². The van der Waals surface area contributed by atoms with E-state index in [4.69, 9.17) is 5.48 Å². The first-order valence-electron chi connectivity index (χ1n) is 10.1. The molecule has 3 aromatic heterocycles. The lowest BCUT2D eigenvalue weighted by Gasteiger charge is -2.15. The predicted molar refractivity (Wildman–Crippen MR) is 95.6 cm³/mol. The van der Waals surface area contributed by atoms with Gasteiger partial charge in [-0.05, 0) is 45.5 Å². The Balaban J connectivity index is 1.60. The van der Waals surface area contributed by atoms with Gasteiger partial charge in [0.05, 0.1) is 18.6 Å². The van der Waals surface area contributed by atoms with Crippen molar-refractivity contribution in [1.29, 1.82) is 0 Å². The quantitative estimate of drug-likeness (QED) is 0.642. The van der Waals surface area contributed by atoms with E-state index < -0.39 is 12.9 Å². The van der Waals surface area contributed by atoms with Gasteiger partial charge in [0.2, 0.25) is 5.95 Å². The third kappa shape index (κ3) is 2.93. The minimum Gasteiger partial charge on any atom is -0.367 e. The fraction of sp³-hybridized carbons (Fsp3) is 0.471. The molecule has 3 heterocycles. The van der Waals surface area contributed by atoms with Gasteiger partial charge in [0.15, 0.2) is 0 Å². The number of anilines is 3. The molecule has 7 heteroatoms. The molecule has 1 saturated carbocycles. The van der Waals surface area contributed by atoms with Crippen molar-refractivity contribution < 1.29 is 5.48 Å². The van der Waals surface area contributed by atoms with Crippen molar-refractivity contribution in [3.63, 3.8) is 0 Å². The predicted octanol–water partition coefficient (Wildman–Crippen LogP) is 3.69. The second kappa shape index (κ2) is 5.81. The smallest absolute Gasteiger partial charge is 0.231 e. The van der Waals surface area contributed by atoms with Gasteiger partial charge in [-0.3, -0.25) is 4.68 Å². The summed E-state index contributed by atoms with van der Waals surface area (Å²) in [6.07, 6.45) is 7.21. The van der Waals surface area contributed by atoms with Crippen LogP contribution in [0.1, 0.15) is 45.0 Å². The second-order valence-electron chi connectivity index (χ2n) is 6.29. The molecule has 1 aliphatic rings. The van der Waals surface area contributed by atoms with Crippen LogP contribution in [0.4, 0.5) is 17.5 Å². The third-order valence-electron chi connectivity index (χ3n) is 4.29. The van der Waals surface area contributed by atoms with Gasteiger partial charge in [-0.2, -0.15) is 15.1 Å². The van der Waals surface area contributed by atoms with E-state index in [9.17, 15) is 0 Å². The van der Waals surface area contributed by atoms with Crippen LogP contribution in [0, 0.1) is 5.92 Å². The molecule has 7 nitrogen and oxygen atoms in total. The fourth-order valence-corrected chi connectivity index (χ4v) is 2.74. The van der Waals surface area contributed by atoms with Gasteiger partial charge in [0.25, 0.3) is 0 Å². The van der Waals surface area contributed by atoms with Gasteiger partial charge in [0, 0.05) is 28.6 Å². The molecule has 2 atom stereocenters. The Kier molecular flexibility index (Phi) is 2.68. The zero-order chi connectivity index (χ0) is 20.1. The monoisotopic (exact) mass is 329 g/mol. The van der Waals surface area contributed by atoms with Gasteiger partial charge in [-0.15, -0.1) is 0 Å². The first-order chi connectivity index (χ1) is 13.1. The number of nitrogens with zero attached hydrogens (tertiary/aromatic N) is 4. The number of hydrogen-bond donors (Lipinski definition) is 3. The Morgan fingerprint density at radius 1 is 1.42 bits per heavy atom. The van der Waals surface area contributed by atoms with Crippen LogP contribution < -0.4 is 10.6 Å². The lowest BCUT2D eigenvalue weighted by molar-refractivity contribution is 0.532. The molecular weight excluding hydrogens is 302 g/mol. The molecule has 0 radical (unpaired) electrons. The Bertz CT molecular complexity index is 987. The lowest BCUT2D eigenvalue weighted by atomic mass is 10.2. The largest absolute Gasteiger partial charge is 0.367 e. The number of rotatable bonds is 6. The van der Waals surface area contributed by atoms with Crippen molar-refractivity contribution in [3.05, 3.63) is 24.7 Å². The Hall–Kier alpha value is -2.57. The SMILES string of the molecule is [2H]C([2H])([2H])C([2H])(C)n1cc(Nc2nc(N[C@@H](C)C3CC3)c3cc[nH]c3n2)cn1. The summed E-state index contributed by atoms with van der Waals surface area (Å²) in [6.45, 7) is 0.949. The molecule has 0 aromatic carbocycles. The highest BCUT2D eigenvalue weighted by Gasteiger charge is 2.28. The van der Waals surface area contributed by atoms with Crippen LogP contribution in [-0.2, 0) is 0 Å². The van der Waals surface area contributed by atoms with Crippen molar-refractivity contribution in [1.82, 2.24) is 24.7 Å². The molecule has 24 heavy (non-hydrogen) atoms. The van der Waals surface area contributed by atoms with Gasteiger partial charge in [0.1, 0.15) is 11.5 Å². The summed E-state index contributed by atoms with van der Waals surface area (Å²) in [5.74, 6) is 1.78. The highest BCUT2D eigenvalue weighted by molar-refractivity contribution is 5.88. The number of hydrogen-bond acceptors (Lipinski definition) is 5. The fourth-order valence-electron chi connectivity index (χ4n) is 2.74. The molecule has 3 N–H and O–H groups in total. The summed E-state index contributed by atoms with van der Waals surface area (Å²) in [6, 6.07) is 0.386. The van der Waals surface area contributed by atoms with E-state index in [1.165, 1.54) is 32.2 Å². The van der Waals surface area contributed by atoms with Crippen LogP contribution in [0.25, 0.3) is 11.0 Å². The normalized spacial score (nSPS) is 21.2. The van der Waals surface area contributed by atoms with E-state index in [1.54, 1.807) is 0 Å². The summed E-state index contributed by atoms with van der Waals surface area (Å²) in [4.78, 5) is 12.2. The van der Waals surface area contributed by atoms with Crippen molar-refractivity contribution in [3.8, 4) is 0 Å². The first-order valence-corrected chi connectivity index (χ1v) is 8.09. The summed E-state index contributed by atoms with van der Waals surface area (Å²) >= 11 is 0. The van der Waals surface area contributed by atoms with Gasteiger partial charge in [-0.1, -0.05) is 0 Å². The maximum Gasteiger partial charge on any atom is 0.231 e. The maximum atomic E-state index is 8.12. The topological polar surface area (TPSA) is 83.5 Å². The molecule has 1 aliphatic carbocycles. The molecule has 126 valence electrons. The van der Waals surface area contributed by atoms with E-state index in [0.717, 1.165) is 15.9 Å². The lowest BCUT2D eigenvalue weighted by Crippen LogP contribution is -2.18. The number of H-pyrrole nitrogens is 1. The van der Waals surface area contributed by atoms with Crippen LogP contribution in [0.5, 0.6) is 0 Å². The molecule has 0 amide bonds. The standard InChI is InChI=1S/C17H23N7/c1-10(2)24-9-13(8-19-24)21-17-22-15-14(6-7-18-15)16(23-17)20-11(3)12-4-5-12/h6-12H,4-5H2,1-3H3,(H3,18,20,21,22,23)/t11-/m0/s1/i1D3,10D/t10?,11-. The first kappa shape index (κ1) is 11.1. The summed E-state index contributed by atoms with van der Waals surface area (Å²) < 4.78 is 31.8. The van der Waals surface area contributed by atoms with E-state index in [2.05, 4.69) is 37.6 Å². The molecule has 0 saturated heterocycles. The van der Waals surface area contributed by atoms with E-state index >= 15 is 0 Å². The molecule has 3 aromatic rings.